The van der Waals surface area contributed by atoms with Crippen LogP contribution in [0.3, 0.4) is 0 Å². The summed E-state index contributed by atoms with van der Waals surface area (Å²) in [5.41, 5.74) is 1.97. The van der Waals surface area contributed by atoms with Gasteiger partial charge in [-0.05, 0) is 25.5 Å². The van der Waals surface area contributed by atoms with Crippen LogP contribution in [0.1, 0.15) is 12.5 Å². The van der Waals surface area contributed by atoms with Gasteiger partial charge in [-0.1, -0.05) is 36.0 Å². The average Bonchev–Trinajstić information content (AvgIpc) is 2.93. The third-order valence-electron chi connectivity index (χ3n) is 2.85. The molecule has 0 saturated carbocycles. The molecular formula is C15H17N3O2S. The number of aryl methyl sites for hydroxylation is 1. The van der Waals surface area contributed by atoms with Crippen molar-refractivity contribution in [1.82, 2.24) is 15.5 Å². The Balaban J connectivity index is 2.05. The van der Waals surface area contributed by atoms with Crippen LogP contribution in [0.15, 0.2) is 46.6 Å². The fourth-order valence-electron chi connectivity index (χ4n) is 1.70. The molecule has 0 unspecified atom stereocenters. The molecule has 21 heavy (non-hydrogen) atoms. The molecule has 1 aromatic carbocycles. The van der Waals surface area contributed by atoms with Gasteiger partial charge >= 0.3 is 0 Å². The number of rotatable bonds is 6. The zero-order valence-electron chi connectivity index (χ0n) is 12.0. The number of carbonyl (C=O) groups is 1. The van der Waals surface area contributed by atoms with Gasteiger partial charge in [0.1, 0.15) is 0 Å². The van der Waals surface area contributed by atoms with Gasteiger partial charge in [0.15, 0.2) is 0 Å². The highest BCUT2D eigenvalue weighted by atomic mass is 32.2. The third-order valence-corrected chi connectivity index (χ3v) is 3.78. The Morgan fingerprint density at radius 3 is 2.95 bits per heavy atom. The molecule has 0 aliphatic heterocycles. The highest BCUT2D eigenvalue weighted by molar-refractivity contribution is 8.00. The van der Waals surface area contributed by atoms with Crippen LogP contribution < -0.4 is 5.32 Å². The van der Waals surface area contributed by atoms with Crippen molar-refractivity contribution in [3.05, 3.63) is 42.5 Å². The van der Waals surface area contributed by atoms with Gasteiger partial charge in [-0.2, -0.15) is 0 Å². The second-order valence-electron chi connectivity index (χ2n) is 4.48. The first-order chi connectivity index (χ1) is 10.1. The Hall–Kier alpha value is -2.08. The molecule has 1 aromatic heterocycles. The maximum atomic E-state index is 11.8. The van der Waals surface area contributed by atoms with Crippen molar-refractivity contribution in [2.24, 2.45) is 0 Å². The van der Waals surface area contributed by atoms with Crippen molar-refractivity contribution in [2.45, 2.75) is 24.3 Å². The topological polar surface area (TPSA) is 68.0 Å². The Labute approximate surface area is 127 Å². The maximum Gasteiger partial charge on any atom is 0.277 e. The molecule has 1 amide bonds. The van der Waals surface area contributed by atoms with Crippen LogP contribution >= 0.6 is 11.8 Å². The second-order valence-corrected chi connectivity index (χ2v) is 5.77. The molecule has 0 bridgehead atoms. The van der Waals surface area contributed by atoms with Gasteiger partial charge in [0.25, 0.3) is 5.22 Å². The summed E-state index contributed by atoms with van der Waals surface area (Å²) >= 11 is 1.24. The molecule has 1 atom stereocenters. The van der Waals surface area contributed by atoms with Crippen molar-refractivity contribution < 1.29 is 9.21 Å². The minimum Gasteiger partial charge on any atom is -0.411 e. The van der Waals surface area contributed by atoms with Crippen molar-refractivity contribution >= 4 is 17.7 Å². The molecule has 1 N–H and O–H groups in total. The van der Waals surface area contributed by atoms with E-state index < -0.39 is 0 Å². The number of nitrogens with one attached hydrogen (secondary N) is 1. The highest BCUT2D eigenvalue weighted by Gasteiger charge is 2.18. The minimum atomic E-state index is -0.310. The van der Waals surface area contributed by atoms with Gasteiger partial charge in [-0.15, -0.1) is 16.8 Å². The van der Waals surface area contributed by atoms with Crippen molar-refractivity contribution in [1.29, 1.82) is 0 Å². The standard InChI is InChI=1S/C15H17N3O2S/c1-4-9-16-13(19)11(3)21-15-18-17-14(20-15)12-8-6-5-7-10(12)2/h4-8,11H,1,9H2,2-3H3,(H,16,19)/t11-/m1/s1. The number of hydrogen-bond donors (Lipinski definition) is 1. The fourth-order valence-corrected chi connectivity index (χ4v) is 2.41. The number of hydrogen-bond acceptors (Lipinski definition) is 5. The lowest BCUT2D eigenvalue weighted by Crippen LogP contribution is -2.30. The Kier molecular flexibility index (Phi) is 5.16. The minimum absolute atomic E-state index is 0.0875. The summed E-state index contributed by atoms with van der Waals surface area (Å²) in [6, 6.07) is 7.79. The molecule has 0 saturated heterocycles. The van der Waals surface area contributed by atoms with Gasteiger partial charge in [0.2, 0.25) is 11.8 Å². The summed E-state index contributed by atoms with van der Waals surface area (Å²) < 4.78 is 5.62. The average molecular weight is 303 g/mol. The van der Waals surface area contributed by atoms with Crippen LogP contribution in [0, 0.1) is 6.92 Å². The summed E-state index contributed by atoms with van der Waals surface area (Å²) in [4.78, 5) is 11.8. The lowest BCUT2D eigenvalue weighted by atomic mass is 10.1. The van der Waals surface area contributed by atoms with Gasteiger partial charge in [-0.25, -0.2) is 0 Å². The SMILES string of the molecule is C=CCNC(=O)[C@@H](C)Sc1nnc(-c2ccccc2C)o1. The van der Waals surface area contributed by atoms with Crippen LogP contribution in [0.5, 0.6) is 0 Å². The first-order valence-corrected chi connectivity index (χ1v) is 7.44. The molecule has 0 fully saturated rings. The normalized spacial score (nSPS) is 11.9. The molecule has 110 valence electrons. The molecule has 0 aliphatic carbocycles. The van der Waals surface area contributed by atoms with Gasteiger partial charge in [-0.3, -0.25) is 4.79 Å². The molecule has 0 spiro atoms. The molecule has 2 aromatic rings. The van der Waals surface area contributed by atoms with E-state index in [1.165, 1.54) is 11.8 Å². The van der Waals surface area contributed by atoms with E-state index in [2.05, 4.69) is 22.1 Å². The molecule has 0 radical (unpaired) electrons. The number of thioether (sulfide) groups is 1. The first-order valence-electron chi connectivity index (χ1n) is 6.56. The van der Waals surface area contributed by atoms with Crippen LogP contribution in [-0.4, -0.2) is 27.9 Å². The number of amides is 1. The summed E-state index contributed by atoms with van der Waals surface area (Å²) in [7, 11) is 0. The number of nitrogens with zero attached hydrogens (tertiary/aromatic N) is 2. The van der Waals surface area contributed by atoms with E-state index in [0.717, 1.165) is 11.1 Å². The lowest BCUT2D eigenvalue weighted by molar-refractivity contribution is -0.120. The van der Waals surface area contributed by atoms with Crippen LogP contribution in [0.25, 0.3) is 11.5 Å². The van der Waals surface area contributed by atoms with E-state index >= 15 is 0 Å². The summed E-state index contributed by atoms with van der Waals surface area (Å²) in [6.45, 7) is 7.78. The molecule has 1 heterocycles. The van der Waals surface area contributed by atoms with Gasteiger partial charge in [0.05, 0.1) is 5.25 Å². The number of carbonyl (C=O) groups excluding carboxylic acids is 1. The van der Waals surface area contributed by atoms with Crippen LogP contribution in [0.2, 0.25) is 0 Å². The third kappa shape index (κ3) is 3.95. The summed E-state index contributed by atoms with van der Waals surface area (Å²) in [6.07, 6.45) is 1.64. The number of aromatic nitrogens is 2. The van der Waals surface area contributed by atoms with E-state index in [0.29, 0.717) is 17.7 Å². The Morgan fingerprint density at radius 1 is 1.48 bits per heavy atom. The van der Waals surface area contributed by atoms with E-state index in [-0.39, 0.29) is 11.2 Å². The first kappa shape index (κ1) is 15.3. The molecule has 0 aliphatic rings. The molecule has 2 rings (SSSR count). The lowest BCUT2D eigenvalue weighted by Gasteiger charge is -2.07. The van der Waals surface area contributed by atoms with E-state index in [1.807, 2.05) is 31.2 Å². The smallest absolute Gasteiger partial charge is 0.277 e. The predicted molar refractivity (Wildman–Crippen MR) is 83.0 cm³/mol. The van der Waals surface area contributed by atoms with Crippen molar-refractivity contribution in [3.8, 4) is 11.5 Å². The monoisotopic (exact) mass is 303 g/mol. The summed E-state index contributed by atoms with van der Waals surface area (Å²) in [5.74, 6) is 0.379. The predicted octanol–water partition coefficient (Wildman–Crippen LogP) is 2.83. The largest absolute Gasteiger partial charge is 0.411 e. The molecular weight excluding hydrogens is 286 g/mol. The second kappa shape index (κ2) is 7.08. The van der Waals surface area contributed by atoms with Crippen LogP contribution in [-0.2, 0) is 4.79 Å². The van der Waals surface area contributed by atoms with E-state index in [1.54, 1.807) is 13.0 Å². The molecule has 6 heteroatoms. The Bertz CT molecular complexity index is 639. The van der Waals surface area contributed by atoms with Gasteiger partial charge in [0, 0.05) is 12.1 Å². The van der Waals surface area contributed by atoms with Crippen molar-refractivity contribution in [2.75, 3.05) is 6.54 Å². The fraction of sp³-hybridized carbons (Fsp3) is 0.267. The molecule has 5 nitrogen and oxygen atoms in total. The highest BCUT2D eigenvalue weighted by Crippen LogP contribution is 2.27. The maximum absolute atomic E-state index is 11.8. The Morgan fingerprint density at radius 2 is 2.24 bits per heavy atom. The van der Waals surface area contributed by atoms with E-state index in [9.17, 15) is 4.79 Å². The number of benzene rings is 1. The van der Waals surface area contributed by atoms with Crippen LogP contribution in [0.4, 0.5) is 0 Å². The van der Waals surface area contributed by atoms with Gasteiger partial charge < -0.3 is 9.73 Å². The zero-order chi connectivity index (χ0) is 15.2. The zero-order valence-corrected chi connectivity index (χ0v) is 12.8. The summed E-state index contributed by atoms with van der Waals surface area (Å²) in [5, 5.41) is 10.8. The van der Waals surface area contributed by atoms with E-state index in [4.69, 9.17) is 4.42 Å². The van der Waals surface area contributed by atoms with Crippen molar-refractivity contribution in [3.63, 3.8) is 0 Å². The quantitative estimate of drug-likeness (QED) is 0.656.